The maximum absolute atomic E-state index is 14.0. The van der Waals surface area contributed by atoms with Gasteiger partial charge in [-0.3, -0.25) is 15.0 Å². The molecule has 6 nitrogen and oxygen atoms in total. The van der Waals surface area contributed by atoms with Gasteiger partial charge in [-0.15, -0.1) is 0 Å². The summed E-state index contributed by atoms with van der Waals surface area (Å²) in [7, 11) is 0. The smallest absolute Gasteiger partial charge is 0.293 e. The van der Waals surface area contributed by atoms with Crippen LogP contribution in [0.5, 0.6) is 0 Å². The molecule has 200 valence electrons. The number of furan rings is 1. The molecule has 0 aliphatic carbocycles. The molecular weight excluding hydrogens is 558 g/mol. The molecule has 10 heteroatoms. The van der Waals surface area contributed by atoms with E-state index in [9.17, 15) is 9.18 Å². The van der Waals surface area contributed by atoms with Crippen LogP contribution in [0.4, 0.5) is 15.8 Å². The number of amides is 1. The van der Waals surface area contributed by atoms with Gasteiger partial charge in [-0.2, -0.15) is 0 Å². The van der Waals surface area contributed by atoms with Crippen LogP contribution in [0.2, 0.25) is 10.0 Å². The Morgan fingerprint density at radius 1 is 0.923 bits per heavy atom. The summed E-state index contributed by atoms with van der Waals surface area (Å²) >= 11 is 17.4. The van der Waals surface area contributed by atoms with Gasteiger partial charge in [-0.1, -0.05) is 41.4 Å². The number of carbonyl (C=O) groups excluding carboxylic acids is 1. The molecule has 4 aromatic rings. The van der Waals surface area contributed by atoms with Gasteiger partial charge in [0.05, 0.1) is 10.0 Å². The molecule has 0 bridgehead atoms. The standard InChI is InChI=1S/C29H25Cl2FN4O2S/c30-23-10-5-19(17-24(23)31)26-11-12-27(38-26)28(37)34-29(39)33-21-6-8-22(9-7-21)36-15-13-35(14-16-36)18-20-3-1-2-4-25(20)32/h1-12,17H,13-16,18H2,(H2,33,34,37,39). The lowest BCUT2D eigenvalue weighted by atomic mass is 10.1. The molecule has 1 aliphatic heterocycles. The van der Waals surface area contributed by atoms with Crippen molar-refractivity contribution < 1.29 is 13.6 Å². The first kappa shape index (κ1) is 27.1. The highest BCUT2D eigenvalue weighted by molar-refractivity contribution is 7.80. The van der Waals surface area contributed by atoms with Crippen molar-refractivity contribution in [1.82, 2.24) is 10.2 Å². The molecule has 39 heavy (non-hydrogen) atoms. The highest BCUT2D eigenvalue weighted by atomic mass is 35.5. The Balaban J connectivity index is 1.11. The highest BCUT2D eigenvalue weighted by Crippen LogP contribution is 2.29. The number of carbonyl (C=O) groups is 1. The lowest BCUT2D eigenvalue weighted by Gasteiger charge is -2.36. The topological polar surface area (TPSA) is 60.8 Å². The second-order valence-corrected chi connectivity index (χ2v) is 10.3. The van der Waals surface area contributed by atoms with Gasteiger partial charge in [0.1, 0.15) is 11.6 Å². The van der Waals surface area contributed by atoms with Crippen LogP contribution < -0.4 is 15.5 Å². The van der Waals surface area contributed by atoms with Crippen molar-refractivity contribution in [3.05, 3.63) is 106 Å². The number of nitrogens with zero attached hydrogens (tertiary/aromatic N) is 2. The van der Waals surface area contributed by atoms with Gasteiger partial charge in [-0.05, 0) is 72.9 Å². The average molecular weight is 584 g/mol. The minimum Gasteiger partial charge on any atom is -0.451 e. The van der Waals surface area contributed by atoms with E-state index in [-0.39, 0.29) is 16.7 Å². The van der Waals surface area contributed by atoms with Crippen LogP contribution in [-0.4, -0.2) is 42.1 Å². The number of hydrogen-bond acceptors (Lipinski definition) is 5. The van der Waals surface area contributed by atoms with Crippen molar-refractivity contribution in [2.75, 3.05) is 36.4 Å². The lowest BCUT2D eigenvalue weighted by molar-refractivity contribution is 0.0951. The Morgan fingerprint density at radius 2 is 1.67 bits per heavy atom. The Hall–Kier alpha value is -3.43. The molecular formula is C29H25Cl2FN4O2S. The fourth-order valence-electron chi connectivity index (χ4n) is 4.38. The van der Waals surface area contributed by atoms with Crippen molar-refractivity contribution in [3.8, 4) is 11.3 Å². The summed E-state index contributed by atoms with van der Waals surface area (Å²) in [6, 6.07) is 23.1. The van der Waals surface area contributed by atoms with E-state index >= 15 is 0 Å². The molecule has 1 fully saturated rings. The van der Waals surface area contributed by atoms with Crippen LogP contribution in [-0.2, 0) is 6.54 Å². The SMILES string of the molecule is O=C(NC(=S)Nc1ccc(N2CCN(Cc3ccccc3F)CC2)cc1)c1ccc(-c2ccc(Cl)c(Cl)c2)o1. The van der Waals surface area contributed by atoms with Crippen molar-refractivity contribution in [2.24, 2.45) is 0 Å². The molecule has 3 aromatic carbocycles. The normalized spacial score (nSPS) is 13.8. The number of halogens is 3. The maximum Gasteiger partial charge on any atom is 0.293 e. The summed E-state index contributed by atoms with van der Waals surface area (Å²) in [5.74, 6) is -0.0241. The Labute approximate surface area is 241 Å². The summed E-state index contributed by atoms with van der Waals surface area (Å²) in [6.45, 7) is 4.02. The minimum absolute atomic E-state index is 0.115. The third-order valence-corrected chi connectivity index (χ3v) is 7.42. The zero-order chi connectivity index (χ0) is 27.4. The predicted octanol–water partition coefficient (Wildman–Crippen LogP) is 6.84. The average Bonchev–Trinajstić information content (AvgIpc) is 3.43. The lowest BCUT2D eigenvalue weighted by Crippen LogP contribution is -2.46. The number of hydrogen-bond donors (Lipinski definition) is 2. The van der Waals surface area contributed by atoms with E-state index in [1.54, 1.807) is 36.4 Å². The van der Waals surface area contributed by atoms with Gasteiger partial charge in [0.25, 0.3) is 5.91 Å². The van der Waals surface area contributed by atoms with E-state index in [0.29, 0.717) is 27.9 Å². The van der Waals surface area contributed by atoms with Crippen LogP contribution in [0.15, 0.2) is 83.3 Å². The van der Waals surface area contributed by atoms with E-state index in [0.717, 1.165) is 43.1 Å². The number of benzene rings is 3. The molecule has 0 unspecified atom stereocenters. The van der Waals surface area contributed by atoms with Gasteiger partial charge in [0.2, 0.25) is 0 Å². The van der Waals surface area contributed by atoms with Gasteiger partial charge in [0, 0.05) is 55.2 Å². The van der Waals surface area contributed by atoms with E-state index in [4.69, 9.17) is 39.8 Å². The number of anilines is 2. The van der Waals surface area contributed by atoms with E-state index in [2.05, 4.69) is 20.4 Å². The predicted molar refractivity (Wildman–Crippen MR) is 158 cm³/mol. The molecule has 1 amide bonds. The number of piperazine rings is 1. The Bertz CT molecular complexity index is 1490. The molecule has 0 spiro atoms. The fraction of sp³-hybridized carbons (Fsp3) is 0.172. The second kappa shape index (κ2) is 12.2. The quantitative estimate of drug-likeness (QED) is 0.243. The molecule has 0 atom stereocenters. The van der Waals surface area contributed by atoms with Gasteiger partial charge in [-0.25, -0.2) is 4.39 Å². The largest absolute Gasteiger partial charge is 0.451 e. The molecule has 1 saturated heterocycles. The van der Waals surface area contributed by atoms with Crippen LogP contribution in [0, 0.1) is 5.82 Å². The maximum atomic E-state index is 14.0. The molecule has 2 heterocycles. The van der Waals surface area contributed by atoms with Crippen LogP contribution in [0.25, 0.3) is 11.3 Å². The summed E-state index contributed by atoms with van der Waals surface area (Å²) in [5, 5.41) is 6.65. The third-order valence-electron chi connectivity index (χ3n) is 6.48. The molecule has 1 aliphatic rings. The van der Waals surface area contributed by atoms with Crippen molar-refractivity contribution in [2.45, 2.75) is 6.54 Å². The van der Waals surface area contributed by atoms with E-state index in [1.807, 2.05) is 36.4 Å². The van der Waals surface area contributed by atoms with Gasteiger partial charge >= 0.3 is 0 Å². The summed E-state index contributed by atoms with van der Waals surface area (Å²) < 4.78 is 19.6. The molecule has 0 saturated carbocycles. The molecule has 2 N–H and O–H groups in total. The number of thiocarbonyl (C=S) groups is 1. The summed E-state index contributed by atoms with van der Waals surface area (Å²) in [6.07, 6.45) is 0. The zero-order valence-corrected chi connectivity index (χ0v) is 23.1. The zero-order valence-electron chi connectivity index (χ0n) is 20.8. The van der Waals surface area contributed by atoms with Gasteiger partial charge in [0.15, 0.2) is 10.9 Å². The van der Waals surface area contributed by atoms with Crippen molar-refractivity contribution in [3.63, 3.8) is 0 Å². The first-order valence-corrected chi connectivity index (χ1v) is 13.5. The Morgan fingerprint density at radius 3 is 2.38 bits per heavy atom. The first-order chi connectivity index (χ1) is 18.9. The molecule has 0 radical (unpaired) electrons. The van der Waals surface area contributed by atoms with Crippen molar-refractivity contribution in [1.29, 1.82) is 0 Å². The third kappa shape index (κ3) is 6.78. The number of rotatable bonds is 6. The number of nitrogens with one attached hydrogen (secondary N) is 2. The highest BCUT2D eigenvalue weighted by Gasteiger charge is 2.19. The molecule has 5 rings (SSSR count). The molecule has 1 aromatic heterocycles. The fourth-order valence-corrected chi connectivity index (χ4v) is 4.89. The van der Waals surface area contributed by atoms with Crippen LogP contribution >= 0.6 is 35.4 Å². The Kier molecular flexibility index (Phi) is 8.47. The van der Waals surface area contributed by atoms with Crippen LogP contribution in [0.1, 0.15) is 16.1 Å². The first-order valence-electron chi connectivity index (χ1n) is 12.3. The second-order valence-electron chi connectivity index (χ2n) is 9.10. The van der Waals surface area contributed by atoms with E-state index < -0.39 is 5.91 Å². The summed E-state index contributed by atoms with van der Waals surface area (Å²) in [4.78, 5) is 17.2. The minimum atomic E-state index is -0.469. The van der Waals surface area contributed by atoms with Gasteiger partial charge < -0.3 is 14.6 Å². The monoisotopic (exact) mass is 582 g/mol. The van der Waals surface area contributed by atoms with E-state index in [1.165, 1.54) is 6.07 Å². The summed E-state index contributed by atoms with van der Waals surface area (Å²) in [5.41, 5.74) is 3.27. The van der Waals surface area contributed by atoms with Crippen LogP contribution in [0.3, 0.4) is 0 Å². The van der Waals surface area contributed by atoms with Crippen molar-refractivity contribution >= 4 is 57.8 Å².